The largest absolute Gasteiger partial charge is 0.497 e. The van der Waals surface area contributed by atoms with Gasteiger partial charge in [-0.3, -0.25) is 0 Å². The number of nitrogens with two attached hydrogens (primary N) is 1. The summed E-state index contributed by atoms with van der Waals surface area (Å²) in [5.74, 6) is 1.53. The summed E-state index contributed by atoms with van der Waals surface area (Å²) in [4.78, 5) is 7.91. The lowest BCUT2D eigenvalue weighted by atomic mass is 10.1. The smallest absolute Gasteiger partial charge is 0.223 e. The minimum absolute atomic E-state index is 0.134. The number of halogens is 1. The average Bonchev–Trinajstić information content (AvgIpc) is 2.55. The maximum Gasteiger partial charge on any atom is 0.223 e. The lowest BCUT2D eigenvalue weighted by Gasteiger charge is -2.08. The topological polar surface area (TPSA) is 73.1 Å². The monoisotopic (exact) mass is 326 g/mol. The number of nitrogens with one attached hydrogen (secondary N) is 1. The molecule has 0 saturated heterocycles. The van der Waals surface area contributed by atoms with Crippen molar-refractivity contribution in [3.8, 4) is 16.9 Å². The van der Waals surface area contributed by atoms with Crippen LogP contribution in [-0.2, 0) is 0 Å². The zero-order valence-corrected chi connectivity index (χ0v) is 13.2. The molecule has 0 fully saturated rings. The molecule has 0 aliphatic carbocycles. The molecule has 0 atom stereocenters. The molecule has 1 heterocycles. The van der Waals surface area contributed by atoms with Gasteiger partial charge in [0.2, 0.25) is 5.95 Å². The van der Waals surface area contributed by atoms with Crippen LogP contribution in [0.15, 0.2) is 54.6 Å². The van der Waals surface area contributed by atoms with E-state index in [-0.39, 0.29) is 5.95 Å². The number of hydrogen-bond donors (Lipinski definition) is 2. The van der Waals surface area contributed by atoms with Gasteiger partial charge in [0.25, 0.3) is 0 Å². The summed E-state index contributed by atoms with van der Waals surface area (Å²) in [5, 5.41) is 3.45. The molecule has 6 heteroatoms. The van der Waals surface area contributed by atoms with Crippen molar-refractivity contribution in [2.75, 3.05) is 18.2 Å². The predicted octanol–water partition coefficient (Wildman–Crippen LogP) is 4.13. The van der Waals surface area contributed by atoms with Crippen molar-refractivity contribution >= 4 is 29.1 Å². The fraction of sp³-hybridized carbons (Fsp3) is 0.0588. The Labute approximate surface area is 139 Å². The fourth-order valence-corrected chi connectivity index (χ4v) is 2.37. The number of hydrogen-bond acceptors (Lipinski definition) is 5. The standard InChI is InChI=1S/C17H15ClN4O/c1-23-14-8-4-12(5-9-14)11-2-6-13(7-3-11)20-16-10-15(18)21-17(19)22-16/h2-10H,1H3,(H3,19,20,21,22). The summed E-state index contributed by atoms with van der Waals surface area (Å²) in [6.45, 7) is 0. The van der Waals surface area contributed by atoms with Crippen LogP contribution in [-0.4, -0.2) is 17.1 Å². The highest BCUT2D eigenvalue weighted by Crippen LogP contribution is 2.25. The number of anilines is 3. The van der Waals surface area contributed by atoms with E-state index >= 15 is 0 Å². The molecule has 116 valence electrons. The molecular formula is C17H15ClN4O. The first-order valence-electron chi connectivity index (χ1n) is 6.95. The van der Waals surface area contributed by atoms with Crippen LogP contribution in [0.2, 0.25) is 5.15 Å². The summed E-state index contributed by atoms with van der Waals surface area (Å²) >= 11 is 5.86. The van der Waals surface area contributed by atoms with Crippen LogP contribution in [0, 0.1) is 0 Å². The fourth-order valence-electron chi connectivity index (χ4n) is 2.18. The summed E-state index contributed by atoms with van der Waals surface area (Å²) in [7, 11) is 1.65. The lowest BCUT2D eigenvalue weighted by molar-refractivity contribution is 0.415. The second-order valence-corrected chi connectivity index (χ2v) is 5.25. The summed E-state index contributed by atoms with van der Waals surface area (Å²) in [5.41, 5.74) is 8.69. The SMILES string of the molecule is COc1ccc(-c2ccc(Nc3cc(Cl)nc(N)n3)cc2)cc1. The van der Waals surface area contributed by atoms with Crippen LogP contribution < -0.4 is 15.8 Å². The molecule has 5 nitrogen and oxygen atoms in total. The van der Waals surface area contributed by atoms with Gasteiger partial charge in [-0.15, -0.1) is 0 Å². The number of methoxy groups -OCH3 is 1. The van der Waals surface area contributed by atoms with E-state index in [4.69, 9.17) is 22.1 Å². The van der Waals surface area contributed by atoms with Crippen molar-refractivity contribution < 1.29 is 4.74 Å². The van der Waals surface area contributed by atoms with Crippen molar-refractivity contribution in [3.63, 3.8) is 0 Å². The van der Waals surface area contributed by atoms with Gasteiger partial charge in [0, 0.05) is 11.8 Å². The van der Waals surface area contributed by atoms with Crippen molar-refractivity contribution in [1.82, 2.24) is 9.97 Å². The Bertz CT molecular complexity index is 784. The maximum absolute atomic E-state index is 5.86. The van der Waals surface area contributed by atoms with Crippen LogP contribution >= 0.6 is 11.6 Å². The molecule has 0 unspecified atom stereocenters. The van der Waals surface area contributed by atoms with Crippen molar-refractivity contribution in [2.24, 2.45) is 0 Å². The third-order valence-electron chi connectivity index (χ3n) is 3.29. The van der Waals surface area contributed by atoms with E-state index in [0.717, 1.165) is 22.6 Å². The van der Waals surface area contributed by atoms with Crippen molar-refractivity contribution in [3.05, 3.63) is 59.8 Å². The van der Waals surface area contributed by atoms with Gasteiger partial charge in [0.1, 0.15) is 16.7 Å². The summed E-state index contributed by atoms with van der Waals surface area (Å²) in [6, 6.07) is 17.5. The van der Waals surface area contributed by atoms with Crippen LogP contribution in [0.5, 0.6) is 5.75 Å². The molecule has 3 N–H and O–H groups in total. The van der Waals surface area contributed by atoms with E-state index in [9.17, 15) is 0 Å². The highest BCUT2D eigenvalue weighted by Gasteiger charge is 2.03. The maximum atomic E-state index is 5.86. The third kappa shape index (κ3) is 3.70. The first-order valence-corrected chi connectivity index (χ1v) is 7.33. The molecule has 0 aliphatic rings. The Hall–Kier alpha value is -2.79. The molecule has 1 aromatic heterocycles. The van der Waals surface area contributed by atoms with Gasteiger partial charge in [-0.05, 0) is 35.4 Å². The molecule has 0 radical (unpaired) electrons. The molecular weight excluding hydrogens is 312 g/mol. The van der Waals surface area contributed by atoms with Crippen LogP contribution in [0.4, 0.5) is 17.5 Å². The number of nitrogens with zero attached hydrogens (tertiary/aromatic N) is 2. The van der Waals surface area contributed by atoms with Gasteiger partial charge in [-0.2, -0.15) is 4.98 Å². The second kappa shape index (κ2) is 6.54. The van der Waals surface area contributed by atoms with Crippen molar-refractivity contribution in [1.29, 1.82) is 0 Å². The van der Waals surface area contributed by atoms with E-state index in [2.05, 4.69) is 15.3 Å². The second-order valence-electron chi connectivity index (χ2n) is 4.86. The van der Waals surface area contributed by atoms with Gasteiger partial charge in [0.15, 0.2) is 0 Å². The third-order valence-corrected chi connectivity index (χ3v) is 3.49. The highest BCUT2D eigenvalue weighted by molar-refractivity contribution is 6.29. The number of ether oxygens (including phenoxy) is 1. The zero-order chi connectivity index (χ0) is 16.2. The first kappa shape index (κ1) is 15.1. The van der Waals surface area contributed by atoms with Gasteiger partial charge < -0.3 is 15.8 Å². The Morgan fingerprint density at radius 1 is 0.957 bits per heavy atom. The number of rotatable bonds is 4. The Morgan fingerprint density at radius 3 is 2.13 bits per heavy atom. The molecule has 23 heavy (non-hydrogen) atoms. The Kier molecular flexibility index (Phi) is 4.30. The molecule has 3 rings (SSSR count). The molecule has 0 bridgehead atoms. The van der Waals surface area contributed by atoms with Gasteiger partial charge in [0.05, 0.1) is 7.11 Å². The highest BCUT2D eigenvalue weighted by atomic mass is 35.5. The number of aromatic nitrogens is 2. The van der Waals surface area contributed by atoms with Crippen molar-refractivity contribution in [2.45, 2.75) is 0 Å². The summed E-state index contributed by atoms with van der Waals surface area (Å²) < 4.78 is 5.17. The molecule has 2 aromatic carbocycles. The molecule has 0 saturated carbocycles. The van der Waals surface area contributed by atoms with Crippen LogP contribution in [0.25, 0.3) is 11.1 Å². The lowest BCUT2D eigenvalue weighted by Crippen LogP contribution is -1.99. The minimum atomic E-state index is 0.134. The predicted molar refractivity (Wildman–Crippen MR) is 93.2 cm³/mol. The van der Waals surface area contributed by atoms with Crippen LogP contribution in [0.1, 0.15) is 0 Å². The molecule has 0 amide bonds. The minimum Gasteiger partial charge on any atom is -0.497 e. The van der Waals surface area contributed by atoms with Gasteiger partial charge >= 0.3 is 0 Å². The Morgan fingerprint density at radius 2 is 1.57 bits per heavy atom. The van der Waals surface area contributed by atoms with Crippen LogP contribution in [0.3, 0.4) is 0 Å². The molecule has 3 aromatic rings. The van der Waals surface area contributed by atoms with Gasteiger partial charge in [-0.25, -0.2) is 4.98 Å². The van der Waals surface area contributed by atoms with E-state index in [0.29, 0.717) is 11.0 Å². The molecule has 0 aliphatic heterocycles. The quantitative estimate of drug-likeness (QED) is 0.705. The van der Waals surface area contributed by atoms with E-state index in [1.165, 1.54) is 0 Å². The van der Waals surface area contributed by atoms with E-state index in [1.807, 2.05) is 48.5 Å². The molecule has 0 spiro atoms. The zero-order valence-electron chi connectivity index (χ0n) is 12.5. The average molecular weight is 327 g/mol. The normalized spacial score (nSPS) is 10.3. The Balaban J connectivity index is 1.78. The van der Waals surface area contributed by atoms with Gasteiger partial charge in [-0.1, -0.05) is 35.9 Å². The van der Waals surface area contributed by atoms with E-state index < -0.39 is 0 Å². The summed E-state index contributed by atoms with van der Waals surface area (Å²) in [6.07, 6.45) is 0. The number of benzene rings is 2. The number of nitrogen functional groups attached to an aromatic ring is 1. The first-order chi connectivity index (χ1) is 11.1. The van der Waals surface area contributed by atoms with E-state index in [1.54, 1.807) is 13.2 Å².